The molecule has 0 heterocycles. The molecule has 0 fully saturated rings. The second-order valence-corrected chi connectivity index (χ2v) is 2.36. The fourth-order valence-electron chi connectivity index (χ4n) is 0.796. The quantitative estimate of drug-likeness (QED) is 0.676. The molecule has 0 atom stereocenters. The molecule has 0 aromatic heterocycles. The Labute approximate surface area is 74.1 Å². The summed E-state index contributed by atoms with van der Waals surface area (Å²) in [5.41, 5.74) is 0.281. The zero-order chi connectivity index (χ0) is 9.68. The number of carbonyl (C=O) groups excluding carboxylic acids is 1. The van der Waals surface area contributed by atoms with Crippen LogP contribution in [0.4, 0.5) is 8.78 Å². The molecule has 0 saturated heterocycles. The molecular weight excluding hydrogens is 178 g/mol. The number of benzene rings is 1. The van der Waals surface area contributed by atoms with Crippen molar-refractivity contribution in [3.63, 3.8) is 0 Å². The minimum atomic E-state index is -2.62. The summed E-state index contributed by atoms with van der Waals surface area (Å²) in [4.78, 5) is 11.0. The van der Waals surface area contributed by atoms with Crippen LogP contribution < -0.4 is 0 Å². The molecule has 70 valence electrons. The standard InChI is InChI=1S/C9H8F2O2/c10-8(11)6-13-9(12)7-4-2-1-3-5-7/h1-5,8H,6H2. The highest BCUT2D eigenvalue weighted by molar-refractivity contribution is 5.89. The molecule has 1 rings (SSSR count). The van der Waals surface area contributed by atoms with Crippen LogP contribution in [0.1, 0.15) is 10.4 Å². The summed E-state index contributed by atoms with van der Waals surface area (Å²) in [6.45, 7) is -0.853. The Kier molecular flexibility index (Phi) is 3.37. The molecule has 4 heteroatoms. The van der Waals surface area contributed by atoms with Gasteiger partial charge in [-0.2, -0.15) is 0 Å². The van der Waals surface area contributed by atoms with Gasteiger partial charge in [-0.1, -0.05) is 18.2 Å². The topological polar surface area (TPSA) is 26.3 Å². The predicted molar refractivity (Wildman–Crippen MR) is 42.7 cm³/mol. The average molecular weight is 186 g/mol. The molecule has 0 amide bonds. The van der Waals surface area contributed by atoms with Gasteiger partial charge < -0.3 is 4.74 Å². The van der Waals surface area contributed by atoms with E-state index in [1.807, 2.05) is 0 Å². The van der Waals surface area contributed by atoms with Crippen LogP contribution in [0.25, 0.3) is 0 Å². The third kappa shape index (κ3) is 3.19. The number of hydrogen-bond donors (Lipinski definition) is 0. The lowest BCUT2D eigenvalue weighted by atomic mass is 10.2. The fourth-order valence-corrected chi connectivity index (χ4v) is 0.796. The minimum Gasteiger partial charge on any atom is -0.456 e. The Morgan fingerprint density at radius 3 is 2.46 bits per heavy atom. The molecule has 1 aromatic carbocycles. The molecule has 0 aliphatic carbocycles. The number of hydrogen-bond acceptors (Lipinski definition) is 2. The van der Waals surface area contributed by atoms with Gasteiger partial charge in [0, 0.05) is 0 Å². The number of rotatable bonds is 3. The van der Waals surface area contributed by atoms with Crippen molar-refractivity contribution in [2.45, 2.75) is 6.43 Å². The molecule has 13 heavy (non-hydrogen) atoms. The van der Waals surface area contributed by atoms with Crippen LogP contribution in [0, 0.1) is 0 Å². The van der Waals surface area contributed by atoms with Crippen LogP contribution >= 0.6 is 0 Å². The Morgan fingerprint density at radius 1 is 1.31 bits per heavy atom. The van der Waals surface area contributed by atoms with Gasteiger partial charge in [-0.05, 0) is 12.1 Å². The number of carbonyl (C=O) groups is 1. The highest BCUT2D eigenvalue weighted by atomic mass is 19.3. The summed E-state index contributed by atoms with van der Waals surface area (Å²) in [6, 6.07) is 8.02. The van der Waals surface area contributed by atoms with Gasteiger partial charge in [0.25, 0.3) is 6.43 Å². The molecule has 0 unspecified atom stereocenters. The molecule has 2 nitrogen and oxygen atoms in total. The van der Waals surface area contributed by atoms with Crippen LogP contribution in [0.5, 0.6) is 0 Å². The largest absolute Gasteiger partial charge is 0.456 e. The average Bonchev–Trinajstić information content (AvgIpc) is 2.15. The zero-order valence-corrected chi connectivity index (χ0v) is 6.74. The Hall–Kier alpha value is -1.45. The maximum absolute atomic E-state index is 11.6. The van der Waals surface area contributed by atoms with E-state index < -0.39 is 19.0 Å². The first-order valence-corrected chi connectivity index (χ1v) is 3.70. The first-order chi connectivity index (χ1) is 6.20. The maximum atomic E-state index is 11.6. The number of halogens is 2. The van der Waals surface area contributed by atoms with E-state index in [4.69, 9.17) is 0 Å². The Bertz CT molecular complexity index is 272. The smallest absolute Gasteiger partial charge is 0.338 e. The fraction of sp³-hybridized carbons (Fsp3) is 0.222. The Balaban J connectivity index is 2.50. The summed E-state index contributed by atoms with van der Waals surface area (Å²) in [6.07, 6.45) is -2.62. The van der Waals surface area contributed by atoms with Crippen molar-refractivity contribution in [3.05, 3.63) is 35.9 Å². The summed E-state index contributed by atoms with van der Waals surface area (Å²) in [5.74, 6) is -0.721. The maximum Gasteiger partial charge on any atom is 0.338 e. The van der Waals surface area contributed by atoms with E-state index in [1.54, 1.807) is 18.2 Å². The van der Waals surface area contributed by atoms with Gasteiger partial charge in [0.2, 0.25) is 0 Å². The van der Waals surface area contributed by atoms with Crippen LogP contribution in [0.15, 0.2) is 30.3 Å². The van der Waals surface area contributed by atoms with E-state index in [0.717, 1.165) is 0 Å². The lowest BCUT2D eigenvalue weighted by Crippen LogP contribution is -2.11. The molecule has 0 aliphatic heterocycles. The monoisotopic (exact) mass is 186 g/mol. The van der Waals surface area contributed by atoms with Crippen molar-refractivity contribution in [2.75, 3.05) is 6.61 Å². The van der Waals surface area contributed by atoms with Gasteiger partial charge in [-0.3, -0.25) is 0 Å². The van der Waals surface area contributed by atoms with E-state index in [2.05, 4.69) is 4.74 Å². The van der Waals surface area contributed by atoms with E-state index in [9.17, 15) is 13.6 Å². The van der Waals surface area contributed by atoms with Crippen molar-refractivity contribution in [3.8, 4) is 0 Å². The van der Waals surface area contributed by atoms with Crippen molar-refractivity contribution in [2.24, 2.45) is 0 Å². The van der Waals surface area contributed by atoms with Gasteiger partial charge in [0.05, 0.1) is 5.56 Å². The molecule has 0 spiro atoms. The zero-order valence-electron chi connectivity index (χ0n) is 6.74. The first kappa shape index (κ1) is 9.64. The molecule has 0 bridgehead atoms. The molecule has 0 N–H and O–H groups in total. The van der Waals surface area contributed by atoms with Crippen LogP contribution in [-0.4, -0.2) is 19.0 Å². The van der Waals surface area contributed by atoms with Crippen molar-refractivity contribution < 1.29 is 18.3 Å². The van der Waals surface area contributed by atoms with Gasteiger partial charge in [0.1, 0.15) is 0 Å². The molecule has 0 aliphatic rings. The number of ether oxygens (including phenoxy) is 1. The highest BCUT2D eigenvalue weighted by Crippen LogP contribution is 2.02. The van der Waals surface area contributed by atoms with Gasteiger partial charge in [-0.25, -0.2) is 13.6 Å². The predicted octanol–water partition coefficient (Wildman–Crippen LogP) is 2.11. The van der Waals surface area contributed by atoms with Crippen molar-refractivity contribution in [1.82, 2.24) is 0 Å². The lowest BCUT2D eigenvalue weighted by molar-refractivity contribution is 0.0160. The highest BCUT2D eigenvalue weighted by Gasteiger charge is 2.09. The lowest BCUT2D eigenvalue weighted by Gasteiger charge is -2.02. The van der Waals surface area contributed by atoms with Crippen LogP contribution in [-0.2, 0) is 4.74 Å². The van der Waals surface area contributed by atoms with E-state index in [0.29, 0.717) is 0 Å². The van der Waals surface area contributed by atoms with E-state index in [-0.39, 0.29) is 5.56 Å². The summed E-state index contributed by atoms with van der Waals surface area (Å²) in [7, 11) is 0. The van der Waals surface area contributed by atoms with Gasteiger partial charge in [0.15, 0.2) is 6.61 Å². The third-order valence-corrected chi connectivity index (χ3v) is 1.35. The van der Waals surface area contributed by atoms with Crippen molar-refractivity contribution >= 4 is 5.97 Å². The normalized spacial score (nSPS) is 10.1. The third-order valence-electron chi connectivity index (χ3n) is 1.35. The van der Waals surface area contributed by atoms with Gasteiger partial charge in [-0.15, -0.1) is 0 Å². The first-order valence-electron chi connectivity index (χ1n) is 3.70. The van der Waals surface area contributed by atoms with E-state index in [1.165, 1.54) is 12.1 Å². The molecule has 1 aromatic rings. The van der Waals surface area contributed by atoms with E-state index >= 15 is 0 Å². The minimum absolute atomic E-state index is 0.281. The SMILES string of the molecule is O=C(OCC(F)F)c1ccccc1. The molecular formula is C9H8F2O2. The Morgan fingerprint density at radius 2 is 1.92 bits per heavy atom. The summed E-state index contributed by atoms with van der Waals surface area (Å²) < 4.78 is 27.6. The second-order valence-electron chi connectivity index (χ2n) is 2.36. The number of alkyl halides is 2. The number of esters is 1. The summed E-state index contributed by atoms with van der Waals surface area (Å²) in [5, 5.41) is 0. The van der Waals surface area contributed by atoms with Gasteiger partial charge >= 0.3 is 5.97 Å². The van der Waals surface area contributed by atoms with Crippen LogP contribution in [0.2, 0.25) is 0 Å². The molecule has 0 radical (unpaired) electrons. The van der Waals surface area contributed by atoms with Crippen LogP contribution in [0.3, 0.4) is 0 Å². The second kappa shape index (κ2) is 4.54. The summed E-state index contributed by atoms with van der Waals surface area (Å²) >= 11 is 0. The van der Waals surface area contributed by atoms with Crippen molar-refractivity contribution in [1.29, 1.82) is 0 Å². The molecule has 0 saturated carbocycles.